The summed E-state index contributed by atoms with van der Waals surface area (Å²) in [5.74, 6) is 1.52. The Balaban J connectivity index is 1.81. The smallest absolute Gasteiger partial charge is 0.0962 e. The van der Waals surface area contributed by atoms with E-state index in [1.807, 2.05) is 11.3 Å². The van der Waals surface area contributed by atoms with Crippen molar-refractivity contribution in [2.24, 2.45) is 11.7 Å². The number of thiazole rings is 1. The Morgan fingerprint density at radius 2 is 2.20 bits per heavy atom. The van der Waals surface area contributed by atoms with Crippen LogP contribution < -0.4 is 5.73 Å². The number of nitrogens with zero attached hydrogens (tertiary/aromatic N) is 1. The third-order valence-corrected chi connectivity index (χ3v) is 5.13. The summed E-state index contributed by atoms with van der Waals surface area (Å²) < 4.78 is 0. The van der Waals surface area contributed by atoms with E-state index in [2.05, 4.69) is 0 Å². The molecule has 0 saturated heterocycles. The van der Waals surface area contributed by atoms with Gasteiger partial charge >= 0.3 is 0 Å². The van der Waals surface area contributed by atoms with Crippen LogP contribution in [0.15, 0.2) is 0 Å². The third-order valence-electron chi connectivity index (χ3n) is 3.85. The number of nitrogens with two attached hydrogens (primary N) is 1. The summed E-state index contributed by atoms with van der Waals surface area (Å²) in [6, 6.07) is 0. The van der Waals surface area contributed by atoms with Gasteiger partial charge in [-0.15, -0.1) is 11.3 Å². The highest BCUT2D eigenvalue weighted by molar-refractivity contribution is 7.11. The van der Waals surface area contributed by atoms with E-state index in [0.717, 1.165) is 12.5 Å². The first-order valence-electron chi connectivity index (χ1n) is 6.05. The van der Waals surface area contributed by atoms with Crippen molar-refractivity contribution >= 4 is 11.3 Å². The molecule has 0 aromatic carbocycles. The highest BCUT2D eigenvalue weighted by atomic mass is 32.1. The lowest BCUT2D eigenvalue weighted by Crippen LogP contribution is -2.21. The van der Waals surface area contributed by atoms with Crippen molar-refractivity contribution in [3.63, 3.8) is 0 Å². The molecule has 1 heterocycles. The molecule has 1 fully saturated rings. The van der Waals surface area contributed by atoms with Crippen molar-refractivity contribution in [2.45, 2.75) is 44.4 Å². The van der Waals surface area contributed by atoms with E-state index >= 15 is 0 Å². The van der Waals surface area contributed by atoms with Crippen LogP contribution in [0, 0.1) is 5.92 Å². The minimum Gasteiger partial charge on any atom is -0.330 e. The van der Waals surface area contributed by atoms with Crippen molar-refractivity contribution in [3.8, 4) is 0 Å². The Labute approximate surface area is 94.9 Å². The van der Waals surface area contributed by atoms with Gasteiger partial charge in [-0.1, -0.05) is 6.42 Å². The summed E-state index contributed by atoms with van der Waals surface area (Å²) in [6.07, 6.45) is 7.74. The zero-order valence-corrected chi connectivity index (χ0v) is 9.85. The number of aromatic nitrogens is 1. The van der Waals surface area contributed by atoms with Crippen molar-refractivity contribution in [1.82, 2.24) is 4.98 Å². The predicted octanol–water partition coefficient (Wildman–Crippen LogP) is 2.47. The van der Waals surface area contributed by atoms with E-state index in [0.29, 0.717) is 5.92 Å². The molecule has 2 aliphatic carbocycles. The first-order valence-corrected chi connectivity index (χ1v) is 6.87. The molecule has 15 heavy (non-hydrogen) atoms. The summed E-state index contributed by atoms with van der Waals surface area (Å²) in [6.45, 7) is 0.843. The highest BCUT2D eigenvalue weighted by Gasteiger charge is 2.27. The topological polar surface area (TPSA) is 38.9 Å². The van der Waals surface area contributed by atoms with Crippen LogP contribution in [0.2, 0.25) is 0 Å². The summed E-state index contributed by atoms with van der Waals surface area (Å²) in [7, 11) is 0. The molecule has 0 aliphatic heterocycles. The molecule has 0 amide bonds. The minimum absolute atomic E-state index is 0.715. The van der Waals surface area contributed by atoms with Gasteiger partial charge in [-0.05, 0) is 44.6 Å². The van der Waals surface area contributed by atoms with Crippen LogP contribution in [0.1, 0.15) is 47.2 Å². The van der Waals surface area contributed by atoms with Crippen LogP contribution in [0.25, 0.3) is 0 Å². The zero-order valence-electron chi connectivity index (χ0n) is 9.04. The largest absolute Gasteiger partial charge is 0.330 e. The maximum atomic E-state index is 5.75. The van der Waals surface area contributed by atoms with Crippen LogP contribution in [-0.2, 0) is 12.8 Å². The van der Waals surface area contributed by atoms with Crippen molar-refractivity contribution in [3.05, 3.63) is 15.6 Å². The molecule has 2 aliphatic rings. The Bertz CT molecular complexity index is 355. The summed E-state index contributed by atoms with van der Waals surface area (Å²) in [5, 5.41) is 1.42. The van der Waals surface area contributed by atoms with Crippen LogP contribution in [0.4, 0.5) is 0 Å². The maximum absolute atomic E-state index is 5.75. The predicted molar refractivity (Wildman–Crippen MR) is 63.3 cm³/mol. The van der Waals surface area contributed by atoms with Gasteiger partial charge in [-0.3, -0.25) is 0 Å². The van der Waals surface area contributed by atoms with E-state index < -0.39 is 0 Å². The molecule has 1 saturated carbocycles. The molecule has 1 aromatic rings. The SMILES string of the molecule is NCC1CCc2nc(C3CCC3)sc2C1. The second-order valence-corrected chi connectivity index (χ2v) is 6.01. The molecular weight excluding hydrogens is 204 g/mol. The quantitative estimate of drug-likeness (QED) is 0.835. The molecule has 2 N–H and O–H groups in total. The lowest BCUT2D eigenvalue weighted by atomic mass is 9.86. The molecule has 1 atom stereocenters. The van der Waals surface area contributed by atoms with Gasteiger partial charge < -0.3 is 5.73 Å². The van der Waals surface area contributed by atoms with Gasteiger partial charge in [-0.25, -0.2) is 4.98 Å². The highest BCUT2D eigenvalue weighted by Crippen LogP contribution is 2.41. The van der Waals surface area contributed by atoms with Crippen LogP contribution >= 0.6 is 11.3 Å². The van der Waals surface area contributed by atoms with Crippen molar-refractivity contribution in [2.75, 3.05) is 6.54 Å². The summed E-state index contributed by atoms with van der Waals surface area (Å²) >= 11 is 1.97. The molecular formula is C12H18N2S. The van der Waals surface area contributed by atoms with E-state index in [1.54, 1.807) is 4.88 Å². The zero-order chi connectivity index (χ0) is 10.3. The molecule has 1 unspecified atom stereocenters. The van der Waals surface area contributed by atoms with E-state index in [9.17, 15) is 0 Å². The summed E-state index contributed by atoms with van der Waals surface area (Å²) in [5.41, 5.74) is 7.14. The van der Waals surface area contributed by atoms with E-state index in [4.69, 9.17) is 10.7 Å². The third kappa shape index (κ3) is 1.72. The number of rotatable bonds is 2. The monoisotopic (exact) mass is 222 g/mol. The van der Waals surface area contributed by atoms with Crippen molar-refractivity contribution < 1.29 is 0 Å². The Kier molecular flexibility index (Phi) is 2.53. The molecule has 0 spiro atoms. The number of aryl methyl sites for hydroxylation is 1. The molecule has 0 bridgehead atoms. The fourth-order valence-corrected chi connectivity index (χ4v) is 3.89. The normalized spacial score (nSPS) is 26.1. The average Bonchev–Trinajstić information content (AvgIpc) is 2.56. The fourth-order valence-electron chi connectivity index (χ4n) is 2.49. The lowest BCUT2D eigenvalue weighted by molar-refractivity contribution is 0.416. The van der Waals surface area contributed by atoms with Crippen molar-refractivity contribution in [1.29, 1.82) is 0 Å². The first kappa shape index (κ1) is 9.79. The van der Waals surface area contributed by atoms with Gasteiger partial charge in [0.15, 0.2) is 0 Å². The minimum atomic E-state index is 0.715. The van der Waals surface area contributed by atoms with Gasteiger partial charge in [0, 0.05) is 10.8 Å². The van der Waals surface area contributed by atoms with E-state index in [1.165, 1.54) is 49.2 Å². The molecule has 3 heteroatoms. The fraction of sp³-hybridized carbons (Fsp3) is 0.750. The average molecular weight is 222 g/mol. The van der Waals surface area contributed by atoms with Gasteiger partial charge in [0.1, 0.15) is 0 Å². The molecule has 3 rings (SSSR count). The Morgan fingerprint density at radius 3 is 2.87 bits per heavy atom. The second kappa shape index (κ2) is 3.87. The molecule has 1 aromatic heterocycles. The van der Waals surface area contributed by atoms with Crippen LogP contribution in [0.5, 0.6) is 0 Å². The number of hydrogen-bond acceptors (Lipinski definition) is 3. The Hall–Kier alpha value is -0.410. The maximum Gasteiger partial charge on any atom is 0.0962 e. The number of hydrogen-bond donors (Lipinski definition) is 1. The first-order chi connectivity index (χ1) is 7.36. The molecule has 0 radical (unpaired) electrons. The van der Waals surface area contributed by atoms with Gasteiger partial charge in [0.05, 0.1) is 10.7 Å². The van der Waals surface area contributed by atoms with E-state index in [-0.39, 0.29) is 0 Å². The summed E-state index contributed by atoms with van der Waals surface area (Å²) in [4.78, 5) is 6.36. The lowest BCUT2D eigenvalue weighted by Gasteiger charge is -2.22. The Morgan fingerprint density at radius 1 is 1.33 bits per heavy atom. The van der Waals surface area contributed by atoms with Gasteiger partial charge in [0.2, 0.25) is 0 Å². The second-order valence-electron chi connectivity index (χ2n) is 4.89. The van der Waals surface area contributed by atoms with Gasteiger partial charge in [-0.2, -0.15) is 0 Å². The standard InChI is InChI=1S/C12H18N2S/c13-7-8-4-5-10-11(6-8)15-12(14-10)9-2-1-3-9/h8-9H,1-7,13H2. The van der Waals surface area contributed by atoms with Crippen LogP contribution in [-0.4, -0.2) is 11.5 Å². The van der Waals surface area contributed by atoms with Crippen LogP contribution in [0.3, 0.4) is 0 Å². The number of fused-ring (bicyclic) bond motifs is 1. The van der Waals surface area contributed by atoms with Gasteiger partial charge in [0.25, 0.3) is 0 Å². The molecule has 2 nitrogen and oxygen atoms in total. The molecule has 82 valence electrons.